The monoisotopic (exact) mass is 327 g/mol. The van der Waals surface area contributed by atoms with Crippen LogP contribution in [0.15, 0.2) is 23.1 Å². The van der Waals surface area contributed by atoms with E-state index in [1.54, 1.807) is 29.2 Å². The summed E-state index contributed by atoms with van der Waals surface area (Å²) >= 11 is 12.5. The Labute approximate surface area is 132 Å². The first-order chi connectivity index (χ1) is 9.56. The fraction of sp³-hybridized carbons (Fsp3) is 0.286. The number of amides is 1. The number of ether oxygens (including phenoxy) is 1. The Morgan fingerprint density at radius 2 is 2.20 bits per heavy atom. The summed E-state index contributed by atoms with van der Waals surface area (Å²) < 4.78 is 6.13. The zero-order chi connectivity index (χ0) is 14.7. The van der Waals surface area contributed by atoms with Gasteiger partial charge >= 0.3 is 0 Å². The molecular formula is C14H14ClNO2S2. The second-order valence-corrected chi connectivity index (χ2v) is 6.15. The molecule has 1 heterocycles. The molecule has 0 atom stereocenters. The Bertz CT molecular complexity index is 587. The first-order valence-corrected chi connectivity index (χ1v) is 7.84. The Balaban J connectivity index is 2.38. The molecule has 6 heteroatoms. The van der Waals surface area contributed by atoms with Crippen molar-refractivity contribution in [2.75, 3.05) is 13.2 Å². The molecule has 0 saturated carbocycles. The number of rotatable bonds is 4. The molecule has 0 aliphatic carbocycles. The number of hydrogen-bond donors (Lipinski definition) is 0. The van der Waals surface area contributed by atoms with Crippen LogP contribution in [0.1, 0.15) is 19.4 Å². The predicted molar refractivity (Wildman–Crippen MR) is 88.2 cm³/mol. The summed E-state index contributed by atoms with van der Waals surface area (Å²) in [7, 11) is 0. The molecule has 20 heavy (non-hydrogen) atoms. The summed E-state index contributed by atoms with van der Waals surface area (Å²) in [6.07, 6.45) is 1.78. The first kappa shape index (κ1) is 15.4. The van der Waals surface area contributed by atoms with Crippen molar-refractivity contribution in [3.05, 3.63) is 33.7 Å². The highest BCUT2D eigenvalue weighted by molar-refractivity contribution is 8.26. The van der Waals surface area contributed by atoms with E-state index in [9.17, 15) is 4.79 Å². The van der Waals surface area contributed by atoms with Gasteiger partial charge in [-0.2, -0.15) is 0 Å². The maximum atomic E-state index is 12.2. The molecule has 0 N–H and O–H groups in total. The second-order valence-electron chi connectivity index (χ2n) is 4.04. The lowest BCUT2D eigenvalue weighted by atomic mass is 10.2. The second kappa shape index (κ2) is 6.61. The van der Waals surface area contributed by atoms with Gasteiger partial charge in [0, 0.05) is 17.1 Å². The van der Waals surface area contributed by atoms with E-state index in [0.717, 1.165) is 5.56 Å². The van der Waals surface area contributed by atoms with Crippen LogP contribution in [0.25, 0.3) is 6.08 Å². The molecule has 0 bridgehead atoms. The van der Waals surface area contributed by atoms with Crippen LogP contribution in [0, 0.1) is 0 Å². The smallest absolute Gasteiger partial charge is 0.266 e. The predicted octanol–water partition coefficient (Wildman–Crippen LogP) is 3.96. The summed E-state index contributed by atoms with van der Waals surface area (Å²) in [6.45, 7) is 4.95. The van der Waals surface area contributed by atoms with Crippen molar-refractivity contribution in [3.8, 4) is 5.75 Å². The number of carbonyl (C=O) groups excluding carboxylic acids is 1. The van der Waals surface area contributed by atoms with Gasteiger partial charge in [0.25, 0.3) is 5.91 Å². The average Bonchev–Trinajstić information content (AvgIpc) is 2.67. The summed E-state index contributed by atoms with van der Waals surface area (Å²) in [4.78, 5) is 14.4. The highest BCUT2D eigenvalue weighted by Gasteiger charge is 2.30. The van der Waals surface area contributed by atoms with Crippen molar-refractivity contribution in [3.63, 3.8) is 0 Å². The van der Waals surface area contributed by atoms with E-state index < -0.39 is 0 Å². The van der Waals surface area contributed by atoms with Crippen molar-refractivity contribution in [2.24, 2.45) is 0 Å². The molecule has 106 valence electrons. The lowest BCUT2D eigenvalue weighted by Crippen LogP contribution is -2.27. The third kappa shape index (κ3) is 3.16. The average molecular weight is 328 g/mol. The molecule has 1 aromatic carbocycles. The Morgan fingerprint density at radius 3 is 2.80 bits per heavy atom. The van der Waals surface area contributed by atoms with Gasteiger partial charge in [-0.3, -0.25) is 9.69 Å². The third-order valence-corrected chi connectivity index (χ3v) is 4.36. The summed E-state index contributed by atoms with van der Waals surface area (Å²) in [5.41, 5.74) is 0.788. The van der Waals surface area contributed by atoms with Gasteiger partial charge in [0.1, 0.15) is 10.1 Å². The summed E-state index contributed by atoms with van der Waals surface area (Å²) in [5.74, 6) is 0.642. The zero-order valence-corrected chi connectivity index (χ0v) is 13.6. The highest BCUT2D eigenvalue weighted by atomic mass is 35.5. The minimum atomic E-state index is -0.0649. The molecular weight excluding hydrogens is 314 g/mol. The van der Waals surface area contributed by atoms with Gasteiger partial charge in [-0.15, -0.1) is 0 Å². The van der Waals surface area contributed by atoms with E-state index in [-0.39, 0.29) is 5.91 Å². The van der Waals surface area contributed by atoms with Gasteiger partial charge in [-0.25, -0.2) is 0 Å². The lowest BCUT2D eigenvalue weighted by molar-refractivity contribution is -0.121. The van der Waals surface area contributed by atoms with E-state index in [4.69, 9.17) is 28.6 Å². The van der Waals surface area contributed by atoms with Crippen molar-refractivity contribution in [2.45, 2.75) is 13.8 Å². The van der Waals surface area contributed by atoms with Gasteiger partial charge in [-0.05, 0) is 38.1 Å². The number of likely N-dealkylation sites (N-methyl/N-ethyl adjacent to an activating group) is 1. The molecule has 1 amide bonds. The molecule has 1 aliphatic rings. The van der Waals surface area contributed by atoms with Gasteiger partial charge in [0.15, 0.2) is 0 Å². The van der Waals surface area contributed by atoms with E-state index in [1.165, 1.54) is 11.8 Å². The maximum Gasteiger partial charge on any atom is 0.266 e. The van der Waals surface area contributed by atoms with Crippen LogP contribution in [0.2, 0.25) is 5.02 Å². The SMILES string of the molecule is CCOc1ccc(Cl)cc1C=C1SC(=S)N(CC)C1=O. The topological polar surface area (TPSA) is 29.5 Å². The minimum absolute atomic E-state index is 0.0649. The Hall–Kier alpha value is -1.04. The van der Waals surface area contributed by atoms with Crippen LogP contribution < -0.4 is 4.74 Å². The lowest BCUT2D eigenvalue weighted by Gasteiger charge is -2.10. The van der Waals surface area contributed by atoms with Crippen molar-refractivity contribution in [1.82, 2.24) is 4.90 Å². The van der Waals surface area contributed by atoms with Gasteiger partial charge in [0.2, 0.25) is 0 Å². The fourth-order valence-corrected chi connectivity index (χ4v) is 3.39. The Morgan fingerprint density at radius 1 is 1.45 bits per heavy atom. The minimum Gasteiger partial charge on any atom is -0.493 e. The number of nitrogens with zero attached hydrogens (tertiary/aromatic N) is 1. The van der Waals surface area contributed by atoms with E-state index in [1.807, 2.05) is 13.8 Å². The molecule has 1 aromatic rings. The van der Waals surface area contributed by atoms with Gasteiger partial charge in [0.05, 0.1) is 11.5 Å². The standard InChI is InChI=1S/C14H14ClNO2S2/c1-3-16-13(17)12(20-14(16)19)8-9-7-10(15)5-6-11(9)18-4-2/h5-8H,3-4H2,1-2H3. The fourth-order valence-electron chi connectivity index (χ4n) is 1.83. The van der Waals surface area contributed by atoms with Gasteiger partial charge < -0.3 is 4.74 Å². The van der Waals surface area contributed by atoms with Crippen molar-refractivity contribution in [1.29, 1.82) is 0 Å². The summed E-state index contributed by atoms with van der Waals surface area (Å²) in [5, 5.41) is 0.602. The highest BCUT2D eigenvalue weighted by Crippen LogP contribution is 2.34. The molecule has 0 aromatic heterocycles. The Kier molecular flexibility index (Phi) is 5.07. The number of halogens is 1. The number of carbonyl (C=O) groups is 1. The molecule has 0 spiro atoms. The van der Waals surface area contributed by atoms with E-state index >= 15 is 0 Å². The van der Waals surface area contributed by atoms with Crippen LogP contribution in [-0.4, -0.2) is 28.3 Å². The number of thioether (sulfide) groups is 1. The van der Waals surface area contributed by atoms with Gasteiger partial charge in [-0.1, -0.05) is 35.6 Å². The molecule has 1 aliphatic heterocycles. The normalized spacial score (nSPS) is 17.1. The summed E-state index contributed by atoms with van der Waals surface area (Å²) in [6, 6.07) is 5.35. The first-order valence-electron chi connectivity index (χ1n) is 6.24. The van der Waals surface area contributed by atoms with Crippen LogP contribution in [0.5, 0.6) is 5.75 Å². The van der Waals surface area contributed by atoms with Crippen molar-refractivity contribution >= 4 is 51.9 Å². The molecule has 0 radical (unpaired) electrons. The number of thiocarbonyl (C=S) groups is 1. The van der Waals surface area contributed by atoms with E-state index in [0.29, 0.717) is 33.1 Å². The molecule has 0 unspecified atom stereocenters. The van der Waals surface area contributed by atoms with Crippen LogP contribution in [0.3, 0.4) is 0 Å². The number of benzene rings is 1. The quantitative estimate of drug-likeness (QED) is 0.618. The van der Waals surface area contributed by atoms with Crippen LogP contribution in [0.4, 0.5) is 0 Å². The van der Waals surface area contributed by atoms with Crippen molar-refractivity contribution < 1.29 is 9.53 Å². The van der Waals surface area contributed by atoms with Crippen LogP contribution >= 0.6 is 35.6 Å². The molecule has 1 saturated heterocycles. The largest absolute Gasteiger partial charge is 0.493 e. The molecule has 1 fully saturated rings. The number of hydrogen-bond acceptors (Lipinski definition) is 4. The molecule has 3 nitrogen and oxygen atoms in total. The maximum absolute atomic E-state index is 12.2. The third-order valence-electron chi connectivity index (χ3n) is 2.75. The molecule has 2 rings (SSSR count). The zero-order valence-electron chi connectivity index (χ0n) is 11.2. The van der Waals surface area contributed by atoms with Crippen LogP contribution in [-0.2, 0) is 4.79 Å². The van der Waals surface area contributed by atoms with E-state index in [2.05, 4.69) is 0 Å².